The summed E-state index contributed by atoms with van der Waals surface area (Å²) < 4.78 is 41.8. The van der Waals surface area contributed by atoms with Crippen molar-refractivity contribution in [2.45, 2.75) is 76.6 Å². The van der Waals surface area contributed by atoms with Gasteiger partial charge in [-0.1, -0.05) is 24.6 Å². The van der Waals surface area contributed by atoms with Gasteiger partial charge in [0.25, 0.3) is 15.9 Å². The van der Waals surface area contributed by atoms with E-state index in [1.807, 2.05) is 26.0 Å². The van der Waals surface area contributed by atoms with E-state index in [2.05, 4.69) is 28.6 Å². The van der Waals surface area contributed by atoms with E-state index in [0.29, 0.717) is 25.4 Å². The molecule has 2 aromatic carbocycles. The second-order valence-electron chi connectivity index (χ2n) is 12.5. The Hall–Kier alpha value is -3.51. The number of carbonyl (C=O) groups is 1. The molecule has 2 N–H and O–H groups in total. The zero-order chi connectivity index (χ0) is 33.3. The Kier molecular flexibility index (Phi) is 12.6. The van der Waals surface area contributed by atoms with Crippen LogP contribution in [0.3, 0.4) is 0 Å². The third kappa shape index (κ3) is 9.75. The Morgan fingerprint density at radius 1 is 1.09 bits per heavy atom. The molecule has 0 fully saturated rings. The summed E-state index contributed by atoms with van der Waals surface area (Å²) in [5.74, 6) is -0.0549. The summed E-state index contributed by atoms with van der Waals surface area (Å²) in [5.41, 5.74) is 2.57. The molecular weight excluding hydrogens is 604 g/mol. The van der Waals surface area contributed by atoms with Crippen molar-refractivity contribution >= 4 is 21.6 Å². The van der Waals surface area contributed by atoms with E-state index in [1.165, 1.54) is 6.07 Å². The van der Waals surface area contributed by atoms with Crippen LogP contribution in [0.25, 0.3) is 0 Å². The van der Waals surface area contributed by atoms with Crippen molar-refractivity contribution in [3.8, 4) is 5.75 Å². The van der Waals surface area contributed by atoms with E-state index in [-0.39, 0.29) is 46.8 Å². The van der Waals surface area contributed by atoms with Crippen LogP contribution in [0.2, 0.25) is 0 Å². The summed E-state index contributed by atoms with van der Waals surface area (Å²) in [7, 11) is -1.85. The number of aliphatic hydroxyl groups excluding tert-OH is 1. The number of aromatic nitrogens is 1. The molecule has 3 aromatic rings. The van der Waals surface area contributed by atoms with Gasteiger partial charge < -0.3 is 19.5 Å². The minimum absolute atomic E-state index is 0.0766. The number of benzene rings is 2. The van der Waals surface area contributed by atoms with Gasteiger partial charge in [-0.15, -0.1) is 0 Å². The van der Waals surface area contributed by atoms with Crippen molar-refractivity contribution in [2.75, 3.05) is 38.1 Å². The predicted molar refractivity (Wildman–Crippen MR) is 179 cm³/mol. The normalized spacial score (nSPS) is 20.8. The van der Waals surface area contributed by atoms with E-state index in [4.69, 9.17) is 9.47 Å². The number of rotatable bonds is 9. The first-order valence-electron chi connectivity index (χ1n) is 16.0. The molecule has 1 aliphatic rings. The number of aryl methyl sites for hydroxylation is 1. The fourth-order valence-electron chi connectivity index (χ4n) is 5.55. The summed E-state index contributed by atoms with van der Waals surface area (Å²) >= 11 is 0. The van der Waals surface area contributed by atoms with Gasteiger partial charge in [0.15, 0.2) is 0 Å². The molecule has 4 rings (SSSR count). The van der Waals surface area contributed by atoms with E-state index >= 15 is 0 Å². The Balaban J connectivity index is 1.64. The highest BCUT2D eigenvalue weighted by Crippen LogP contribution is 2.29. The fourth-order valence-corrected chi connectivity index (χ4v) is 6.60. The standard InChI is InChI=1S/C35H48N4O6S/c1-25-9-12-31(13-10-25)46(42,43)37-30-11-14-33-32(20-30)35(41)39(27(3)24-40)21-26(2)34(44-19-7-6-8-28(4)45-33)23-38(5)22-29-15-17-36-18-16-29/h9-18,20,26-28,34,37,40H,6-8,19,21-24H2,1-5H3/t26-,27-,28+,34-/m1/s1. The van der Waals surface area contributed by atoms with Gasteiger partial charge in [0.2, 0.25) is 0 Å². The largest absolute Gasteiger partial charge is 0.490 e. The molecule has 11 heteroatoms. The van der Waals surface area contributed by atoms with Crippen LogP contribution in [0.1, 0.15) is 61.5 Å². The van der Waals surface area contributed by atoms with E-state index in [0.717, 1.165) is 36.9 Å². The molecule has 10 nitrogen and oxygen atoms in total. The maximum atomic E-state index is 14.4. The molecule has 0 unspecified atom stereocenters. The lowest BCUT2D eigenvalue weighted by molar-refractivity contribution is -0.0177. The van der Waals surface area contributed by atoms with E-state index < -0.39 is 16.1 Å². The van der Waals surface area contributed by atoms with Crippen LogP contribution in [0.5, 0.6) is 5.75 Å². The Morgan fingerprint density at radius 2 is 1.80 bits per heavy atom. The number of pyridine rings is 1. The zero-order valence-electron chi connectivity index (χ0n) is 27.6. The number of aliphatic hydroxyl groups is 1. The Labute approximate surface area is 273 Å². The molecule has 0 aliphatic carbocycles. The second-order valence-corrected chi connectivity index (χ2v) is 14.2. The molecule has 1 aliphatic heterocycles. The van der Waals surface area contributed by atoms with Crippen molar-refractivity contribution in [3.05, 3.63) is 83.7 Å². The quantitative estimate of drug-likeness (QED) is 0.327. The summed E-state index contributed by atoms with van der Waals surface area (Å²) in [6.45, 7) is 9.77. The average molecular weight is 653 g/mol. The molecule has 0 saturated carbocycles. The summed E-state index contributed by atoms with van der Waals surface area (Å²) in [5, 5.41) is 10.2. The molecule has 46 heavy (non-hydrogen) atoms. The van der Waals surface area contributed by atoms with Gasteiger partial charge >= 0.3 is 0 Å². The third-order valence-corrected chi connectivity index (χ3v) is 9.73. The first-order chi connectivity index (χ1) is 22.0. The lowest BCUT2D eigenvalue weighted by atomic mass is 10.0. The van der Waals surface area contributed by atoms with Crippen molar-refractivity contribution in [3.63, 3.8) is 0 Å². The van der Waals surface area contributed by atoms with Gasteiger partial charge in [0.05, 0.1) is 35.3 Å². The summed E-state index contributed by atoms with van der Waals surface area (Å²) in [6, 6.07) is 14.8. The number of nitrogens with zero attached hydrogens (tertiary/aromatic N) is 3. The number of sulfonamides is 1. The fraction of sp³-hybridized carbons (Fsp3) is 0.486. The first kappa shape index (κ1) is 35.3. The zero-order valence-corrected chi connectivity index (χ0v) is 28.4. The van der Waals surface area contributed by atoms with Crippen LogP contribution >= 0.6 is 0 Å². The summed E-state index contributed by atoms with van der Waals surface area (Å²) in [4.78, 5) is 22.4. The smallest absolute Gasteiger partial charge is 0.261 e. The number of likely N-dealkylation sites (N-methyl/N-ethyl adjacent to an activating group) is 1. The molecule has 2 heterocycles. The number of nitrogens with one attached hydrogen (secondary N) is 1. The number of anilines is 1. The minimum atomic E-state index is -3.90. The number of fused-ring (bicyclic) bond motifs is 1. The molecule has 4 atom stereocenters. The topological polar surface area (TPSA) is 121 Å². The minimum Gasteiger partial charge on any atom is -0.490 e. The van der Waals surface area contributed by atoms with Crippen molar-refractivity contribution in [2.24, 2.45) is 5.92 Å². The molecule has 1 amide bonds. The van der Waals surface area contributed by atoms with Crippen LogP contribution in [0, 0.1) is 12.8 Å². The lowest BCUT2D eigenvalue weighted by Gasteiger charge is -2.36. The van der Waals surface area contributed by atoms with Gasteiger partial charge in [-0.2, -0.15) is 0 Å². The van der Waals surface area contributed by atoms with Crippen molar-refractivity contribution in [1.82, 2.24) is 14.8 Å². The maximum Gasteiger partial charge on any atom is 0.261 e. The molecule has 1 aromatic heterocycles. The number of hydrogen-bond acceptors (Lipinski definition) is 8. The Morgan fingerprint density at radius 3 is 2.50 bits per heavy atom. The number of hydrogen-bond donors (Lipinski definition) is 2. The van der Waals surface area contributed by atoms with Crippen LogP contribution in [0.4, 0.5) is 5.69 Å². The van der Waals surface area contributed by atoms with Gasteiger partial charge in [-0.25, -0.2) is 8.42 Å². The second kappa shape index (κ2) is 16.4. The molecule has 0 spiro atoms. The molecule has 250 valence electrons. The Bertz CT molecular complexity index is 1520. The molecule has 0 saturated heterocycles. The SMILES string of the molecule is Cc1ccc(S(=O)(=O)Nc2ccc3c(c2)C(=O)N([C@H](C)CO)C[C@@H](C)[C@@H](CN(C)Cc2ccncc2)OCCCC[C@H](C)O3)cc1. The van der Waals surface area contributed by atoms with Crippen molar-refractivity contribution in [1.29, 1.82) is 0 Å². The van der Waals surface area contributed by atoms with Crippen LogP contribution < -0.4 is 9.46 Å². The number of amides is 1. The van der Waals surface area contributed by atoms with E-state index in [9.17, 15) is 18.3 Å². The number of ether oxygens (including phenoxy) is 2. The highest BCUT2D eigenvalue weighted by atomic mass is 32.2. The monoisotopic (exact) mass is 652 g/mol. The average Bonchev–Trinajstić information content (AvgIpc) is 3.03. The third-order valence-electron chi connectivity index (χ3n) is 8.33. The molecular formula is C35H48N4O6S. The molecule has 0 bridgehead atoms. The van der Waals surface area contributed by atoms with Crippen LogP contribution in [0.15, 0.2) is 71.9 Å². The predicted octanol–water partition coefficient (Wildman–Crippen LogP) is 5.12. The van der Waals surface area contributed by atoms with Crippen molar-refractivity contribution < 1.29 is 27.8 Å². The number of carbonyl (C=O) groups excluding carboxylic acids is 1. The van der Waals surface area contributed by atoms with Gasteiger partial charge in [-0.3, -0.25) is 19.4 Å². The van der Waals surface area contributed by atoms with Gasteiger partial charge in [-0.05, 0) is 95.1 Å². The van der Waals surface area contributed by atoms with E-state index in [1.54, 1.807) is 60.6 Å². The highest BCUT2D eigenvalue weighted by molar-refractivity contribution is 7.92. The lowest BCUT2D eigenvalue weighted by Crippen LogP contribution is -2.47. The maximum absolute atomic E-state index is 14.4. The summed E-state index contributed by atoms with van der Waals surface area (Å²) in [6.07, 6.45) is 5.73. The first-order valence-corrected chi connectivity index (χ1v) is 17.5. The van der Waals surface area contributed by atoms with Crippen LogP contribution in [-0.2, 0) is 21.3 Å². The highest BCUT2D eigenvalue weighted by Gasteiger charge is 2.30. The molecule has 0 radical (unpaired) electrons. The van der Waals surface area contributed by atoms with Gasteiger partial charge in [0.1, 0.15) is 5.75 Å². The van der Waals surface area contributed by atoms with Gasteiger partial charge in [0, 0.05) is 50.2 Å². The van der Waals surface area contributed by atoms with Crippen LogP contribution in [-0.4, -0.2) is 85.8 Å².